The molecule has 0 heterocycles. The number of hydrogen-bond donors (Lipinski definition) is 1. The molecule has 2 unspecified atom stereocenters. The predicted molar refractivity (Wildman–Crippen MR) is 76.7 cm³/mol. The Morgan fingerprint density at radius 2 is 1.89 bits per heavy atom. The Morgan fingerprint density at radius 3 is 2.61 bits per heavy atom. The molecule has 0 saturated heterocycles. The number of hydrogen-bond acceptors (Lipinski definition) is 2. The van der Waals surface area contributed by atoms with Crippen molar-refractivity contribution in [2.45, 2.75) is 64.8 Å². The van der Waals surface area contributed by atoms with Crippen molar-refractivity contribution in [2.24, 2.45) is 17.8 Å². The molecule has 2 aliphatic carbocycles. The molecule has 0 radical (unpaired) electrons. The van der Waals surface area contributed by atoms with Crippen LogP contribution in [-0.2, 0) is 4.74 Å². The molecule has 106 valence electrons. The highest BCUT2D eigenvalue weighted by atomic mass is 16.5. The van der Waals surface area contributed by atoms with E-state index in [2.05, 4.69) is 19.2 Å². The normalized spacial score (nSPS) is 28.8. The molecule has 1 N–H and O–H groups in total. The van der Waals surface area contributed by atoms with Gasteiger partial charge in [-0.2, -0.15) is 0 Å². The summed E-state index contributed by atoms with van der Waals surface area (Å²) in [7, 11) is 0. The van der Waals surface area contributed by atoms with Crippen molar-refractivity contribution in [2.75, 3.05) is 19.8 Å². The van der Waals surface area contributed by atoms with Crippen LogP contribution in [0.3, 0.4) is 0 Å². The highest BCUT2D eigenvalue weighted by Gasteiger charge is 2.26. The molecule has 2 saturated carbocycles. The Labute approximate surface area is 113 Å². The van der Waals surface area contributed by atoms with E-state index in [1.807, 2.05) is 0 Å². The third kappa shape index (κ3) is 4.89. The molecule has 2 rings (SSSR count). The van der Waals surface area contributed by atoms with Crippen LogP contribution in [0.2, 0.25) is 0 Å². The van der Waals surface area contributed by atoms with Crippen LogP contribution in [0, 0.1) is 17.8 Å². The first-order valence-electron chi connectivity index (χ1n) is 8.08. The van der Waals surface area contributed by atoms with E-state index >= 15 is 0 Å². The van der Waals surface area contributed by atoms with Crippen LogP contribution in [0.25, 0.3) is 0 Å². The van der Waals surface area contributed by atoms with Gasteiger partial charge in [0.2, 0.25) is 0 Å². The minimum Gasteiger partial charge on any atom is -0.381 e. The van der Waals surface area contributed by atoms with Crippen molar-refractivity contribution in [3.63, 3.8) is 0 Å². The smallest absolute Gasteiger partial charge is 0.0494 e. The molecular weight excluding hydrogens is 222 g/mol. The van der Waals surface area contributed by atoms with E-state index in [0.29, 0.717) is 0 Å². The van der Waals surface area contributed by atoms with Gasteiger partial charge in [0.15, 0.2) is 0 Å². The van der Waals surface area contributed by atoms with E-state index in [1.165, 1.54) is 44.9 Å². The van der Waals surface area contributed by atoms with Crippen LogP contribution in [0.5, 0.6) is 0 Å². The molecule has 2 nitrogen and oxygen atoms in total. The monoisotopic (exact) mass is 253 g/mol. The Morgan fingerprint density at radius 1 is 1.11 bits per heavy atom. The summed E-state index contributed by atoms with van der Waals surface area (Å²) in [5.41, 5.74) is 0. The summed E-state index contributed by atoms with van der Waals surface area (Å²) >= 11 is 0. The highest BCUT2D eigenvalue weighted by Crippen LogP contribution is 2.30. The summed E-state index contributed by atoms with van der Waals surface area (Å²) in [6.07, 6.45) is 9.63. The van der Waals surface area contributed by atoms with Crippen LogP contribution in [0.1, 0.15) is 58.8 Å². The van der Waals surface area contributed by atoms with E-state index in [4.69, 9.17) is 4.74 Å². The fourth-order valence-electron chi connectivity index (χ4n) is 3.21. The second-order valence-electron chi connectivity index (χ2n) is 6.62. The van der Waals surface area contributed by atoms with Gasteiger partial charge in [-0.1, -0.05) is 26.7 Å². The maximum Gasteiger partial charge on any atom is 0.0494 e. The van der Waals surface area contributed by atoms with Gasteiger partial charge in [-0.15, -0.1) is 0 Å². The standard InChI is InChI=1S/C16H31NO/c1-13(2)15-6-3-4-7-16(15)17-10-5-11-18-12-14-8-9-14/h13-17H,3-12H2,1-2H3. The maximum absolute atomic E-state index is 5.68. The van der Waals surface area contributed by atoms with Gasteiger partial charge in [0.05, 0.1) is 0 Å². The lowest BCUT2D eigenvalue weighted by atomic mass is 9.78. The molecule has 0 spiro atoms. The third-order valence-electron chi connectivity index (χ3n) is 4.60. The van der Waals surface area contributed by atoms with Crippen molar-refractivity contribution in [1.82, 2.24) is 5.32 Å². The zero-order chi connectivity index (χ0) is 12.8. The van der Waals surface area contributed by atoms with E-state index in [-0.39, 0.29) is 0 Å². The molecule has 0 aromatic heterocycles. The Balaban J connectivity index is 1.53. The lowest BCUT2D eigenvalue weighted by Crippen LogP contribution is -2.41. The summed E-state index contributed by atoms with van der Waals surface area (Å²) in [4.78, 5) is 0. The second kappa shape index (κ2) is 7.49. The Bertz CT molecular complexity index is 225. The molecule has 0 amide bonds. The van der Waals surface area contributed by atoms with Crippen LogP contribution in [0.15, 0.2) is 0 Å². The molecule has 0 aromatic carbocycles. The van der Waals surface area contributed by atoms with Crippen molar-refractivity contribution in [3.05, 3.63) is 0 Å². The largest absolute Gasteiger partial charge is 0.381 e. The summed E-state index contributed by atoms with van der Waals surface area (Å²) in [5.74, 6) is 2.63. The number of nitrogens with one attached hydrogen (secondary N) is 1. The second-order valence-corrected chi connectivity index (χ2v) is 6.62. The van der Waals surface area contributed by atoms with Crippen molar-refractivity contribution < 1.29 is 4.74 Å². The average molecular weight is 253 g/mol. The van der Waals surface area contributed by atoms with Crippen LogP contribution >= 0.6 is 0 Å². The Hall–Kier alpha value is -0.0800. The van der Waals surface area contributed by atoms with Crippen molar-refractivity contribution in [3.8, 4) is 0 Å². The van der Waals surface area contributed by atoms with E-state index in [0.717, 1.165) is 43.6 Å². The molecule has 2 aliphatic rings. The SMILES string of the molecule is CC(C)C1CCCCC1NCCCOCC1CC1. The first-order valence-corrected chi connectivity index (χ1v) is 8.08. The lowest BCUT2D eigenvalue weighted by molar-refractivity contribution is 0.119. The lowest BCUT2D eigenvalue weighted by Gasteiger charge is -2.35. The molecule has 2 atom stereocenters. The predicted octanol–water partition coefficient (Wildman–Crippen LogP) is 3.61. The first kappa shape index (κ1) is 14.3. The van der Waals surface area contributed by atoms with E-state index < -0.39 is 0 Å². The van der Waals surface area contributed by atoms with Gasteiger partial charge in [0, 0.05) is 19.3 Å². The van der Waals surface area contributed by atoms with Crippen LogP contribution < -0.4 is 5.32 Å². The quantitative estimate of drug-likeness (QED) is 0.667. The molecule has 0 bridgehead atoms. The average Bonchev–Trinajstić information content (AvgIpc) is 3.18. The van der Waals surface area contributed by atoms with Gasteiger partial charge in [-0.25, -0.2) is 0 Å². The summed E-state index contributed by atoms with van der Waals surface area (Å²) in [5, 5.41) is 3.78. The van der Waals surface area contributed by atoms with Crippen molar-refractivity contribution >= 4 is 0 Å². The van der Waals surface area contributed by atoms with Gasteiger partial charge < -0.3 is 10.1 Å². The topological polar surface area (TPSA) is 21.3 Å². The van der Waals surface area contributed by atoms with Crippen molar-refractivity contribution in [1.29, 1.82) is 0 Å². The third-order valence-corrected chi connectivity index (χ3v) is 4.60. The Kier molecular flexibility index (Phi) is 5.97. The van der Waals surface area contributed by atoms with E-state index in [1.54, 1.807) is 0 Å². The minimum absolute atomic E-state index is 0.766. The van der Waals surface area contributed by atoms with Gasteiger partial charge in [-0.3, -0.25) is 0 Å². The summed E-state index contributed by atoms with van der Waals surface area (Å²) < 4.78 is 5.68. The minimum atomic E-state index is 0.766. The molecule has 2 heteroatoms. The zero-order valence-electron chi connectivity index (χ0n) is 12.3. The highest BCUT2D eigenvalue weighted by molar-refractivity contribution is 4.82. The molecule has 18 heavy (non-hydrogen) atoms. The van der Waals surface area contributed by atoms with E-state index in [9.17, 15) is 0 Å². The molecule has 0 aromatic rings. The molecular formula is C16H31NO. The first-order chi connectivity index (χ1) is 8.77. The summed E-state index contributed by atoms with van der Waals surface area (Å²) in [6.45, 7) is 7.85. The molecule has 2 fully saturated rings. The van der Waals surface area contributed by atoms with Crippen LogP contribution in [0.4, 0.5) is 0 Å². The fraction of sp³-hybridized carbons (Fsp3) is 1.00. The van der Waals surface area contributed by atoms with Crippen LogP contribution in [-0.4, -0.2) is 25.8 Å². The number of rotatable bonds is 8. The van der Waals surface area contributed by atoms with Gasteiger partial charge >= 0.3 is 0 Å². The summed E-state index contributed by atoms with van der Waals surface area (Å²) in [6, 6.07) is 0.766. The van der Waals surface area contributed by atoms with Gasteiger partial charge in [0.1, 0.15) is 0 Å². The molecule has 0 aliphatic heterocycles. The number of ether oxygens (including phenoxy) is 1. The maximum atomic E-state index is 5.68. The zero-order valence-corrected chi connectivity index (χ0v) is 12.3. The van der Waals surface area contributed by atoms with Gasteiger partial charge in [-0.05, 0) is 56.4 Å². The van der Waals surface area contributed by atoms with Gasteiger partial charge in [0.25, 0.3) is 0 Å². The fourth-order valence-corrected chi connectivity index (χ4v) is 3.21.